The van der Waals surface area contributed by atoms with Crippen molar-refractivity contribution in [3.8, 4) is 0 Å². The summed E-state index contributed by atoms with van der Waals surface area (Å²) in [5.41, 5.74) is 0. The summed E-state index contributed by atoms with van der Waals surface area (Å²) in [5.74, 6) is -4.86. The molecule has 5 nitrogen and oxygen atoms in total. The quantitative estimate of drug-likeness (QED) is 0.371. The molecule has 0 aromatic carbocycles. The van der Waals surface area contributed by atoms with Gasteiger partial charge in [0.1, 0.15) is 0 Å². The average Bonchev–Trinajstić information content (AvgIpc) is 2.89. The molecule has 0 spiro atoms. The molecule has 2 saturated carbocycles. The van der Waals surface area contributed by atoms with Crippen LogP contribution in [0, 0.1) is 23.7 Å². The third-order valence-electron chi connectivity index (χ3n) is 9.33. The van der Waals surface area contributed by atoms with Gasteiger partial charge in [0.05, 0.1) is 24.0 Å². The lowest BCUT2D eigenvalue weighted by atomic mass is 9.74. The topological polar surface area (TPSA) is 56.4 Å². The van der Waals surface area contributed by atoms with Gasteiger partial charge in [0.25, 0.3) is 0 Å². The van der Waals surface area contributed by atoms with Crippen molar-refractivity contribution in [3.63, 3.8) is 0 Å². The van der Waals surface area contributed by atoms with E-state index in [-0.39, 0.29) is 37.3 Å². The summed E-state index contributed by atoms with van der Waals surface area (Å²) in [6, 6.07) is 0.00207. The minimum Gasteiger partial charge on any atom is -0.354 e. The Balaban J connectivity index is 1.35. The van der Waals surface area contributed by atoms with Gasteiger partial charge >= 0.3 is 12.4 Å². The van der Waals surface area contributed by atoms with Crippen molar-refractivity contribution >= 4 is 5.91 Å². The third-order valence-corrected chi connectivity index (χ3v) is 9.33. The molecule has 38 heavy (non-hydrogen) atoms. The zero-order valence-corrected chi connectivity index (χ0v) is 22.2. The molecule has 3 N–H and O–H groups in total. The van der Waals surface area contributed by atoms with Gasteiger partial charge in [-0.25, -0.2) is 0 Å². The number of likely N-dealkylation sites (tertiary alicyclic amines) is 1. The maximum absolute atomic E-state index is 13.5. The fraction of sp³-hybridized carbons (Fsp3) is 0.963. The molecule has 4 rings (SSSR count). The standard InChI is InChI=1S/C27H44F6N4O/c28-26(29,30)20-14-18(15-21(16-20)27(31,32)33)17-35-25(38)24(19-6-2-1-3-7-19)37-12-9-22(10-13-37)36-23-8-4-5-11-34-23/h18-24,34,36H,1-17H2,(H,35,38). The van der Waals surface area contributed by atoms with E-state index in [0.29, 0.717) is 12.2 Å². The highest BCUT2D eigenvalue weighted by Crippen LogP contribution is 2.47. The maximum atomic E-state index is 13.5. The zero-order chi connectivity index (χ0) is 27.3. The number of hydrogen-bond donors (Lipinski definition) is 3. The number of piperidine rings is 2. The number of carbonyl (C=O) groups excluding carboxylic acids is 1. The molecule has 2 aliphatic heterocycles. The van der Waals surface area contributed by atoms with Gasteiger partial charge in [0.2, 0.25) is 5.91 Å². The molecule has 1 amide bonds. The normalized spacial score (nSPS) is 32.2. The van der Waals surface area contributed by atoms with Crippen LogP contribution in [0.1, 0.15) is 83.5 Å². The molecule has 220 valence electrons. The van der Waals surface area contributed by atoms with Crippen molar-refractivity contribution in [2.75, 3.05) is 26.2 Å². The molecule has 0 radical (unpaired) electrons. The van der Waals surface area contributed by atoms with Crippen LogP contribution in [0.4, 0.5) is 26.3 Å². The van der Waals surface area contributed by atoms with Gasteiger partial charge in [-0.2, -0.15) is 26.3 Å². The van der Waals surface area contributed by atoms with E-state index in [4.69, 9.17) is 0 Å². The first-order chi connectivity index (χ1) is 18.0. The van der Waals surface area contributed by atoms with Gasteiger partial charge < -0.3 is 10.6 Å². The summed E-state index contributed by atoms with van der Waals surface area (Å²) >= 11 is 0. The van der Waals surface area contributed by atoms with Crippen LogP contribution in [-0.2, 0) is 4.79 Å². The summed E-state index contributed by atoms with van der Waals surface area (Å²) in [6.07, 6.45) is -0.221. The number of carbonyl (C=O) groups is 1. The first-order valence-corrected chi connectivity index (χ1v) is 14.7. The predicted molar refractivity (Wildman–Crippen MR) is 133 cm³/mol. The van der Waals surface area contributed by atoms with E-state index in [9.17, 15) is 31.1 Å². The van der Waals surface area contributed by atoms with Crippen LogP contribution >= 0.6 is 0 Å². The largest absolute Gasteiger partial charge is 0.391 e. The van der Waals surface area contributed by atoms with E-state index in [1.54, 1.807) is 0 Å². The van der Waals surface area contributed by atoms with E-state index in [1.807, 2.05) is 0 Å². The number of rotatable bonds is 7. The zero-order valence-electron chi connectivity index (χ0n) is 22.2. The molecule has 2 aliphatic carbocycles. The number of nitrogens with zero attached hydrogens (tertiary/aromatic N) is 1. The minimum absolute atomic E-state index is 0.132. The second-order valence-electron chi connectivity index (χ2n) is 12.1. The summed E-state index contributed by atoms with van der Waals surface area (Å²) < 4.78 is 80.4. The van der Waals surface area contributed by atoms with Crippen LogP contribution in [-0.4, -0.2) is 67.6 Å². The molecule has 4 atom stereocenters. The highest BCUT2D eigenvalue weighted by molar-refractivity contribution is 5.82. The molecule has 11 heteroatoms. The molecule has 4 fully saturated rings. The summed E-state index contributed by atoms with van der Waals surface area (Å²) in [5, 5.41) is 10.0. The highest BCUT2D eigenvalue weighted by Gasteiger charge is 2.52. The molecule has 2 heterocycles. The van der Waals surface area contributed by atoms with E-state index in [1.165, 1.54) is 12.8 Å². The van der Waals surface area contributed by atoms with Gasteiger partial charge in [-0.1, -0.05) is 19.3 Å². The Morgan fingerprint density at radius 1 is 0.816 bits per heavy atom. The predicted octanol–water partition coefficient (Wildman–Crippen LogP) is 5.36. The SMILES string of the molecule is O=C(NCC1CC(C(F)(F)F)CC(C(F)(F)F)C1)C(C1CCCCC1)N1CCC(NC2CCCCN2)CC1. The second-order valence-corrected chi connectivity index (χ2v) is 12.1. The lowest BCUT2D eigenvalue weighted by Crippen LogP contribution is -2.58. The van der Waals surface area contributed by atoms with Crippen LogP contribution in [0.2, 0.25) is 0 Å². The van der Waals surface area contributed by atoms with Gasteiger partial charge in [0, 0.05) is 25.7 Å². The number of amides is 1. The highest BCUT2D eigenvalue weighted by atomic mass is 19.4. The van der Waals surface area contributed by atoms with Crippen LogP contribution in [0.3, 0.4) is 0 Å². The number of nitrogens with one attached hydrogen (secondary N) is 3. The molecular formula is C27H44F6N4O. The number of alkyl halides is 6. The third kappa shape index (κ3) is 8.22. The van der Waals surface area contributed by atoms with Crippen molar-refractivity contribution in [1.82, 2.24) is 20.9 Å². The first-order valence-electron chi connectivity index (χ1n) is 14.7. The van der Waals surface area contributed by atoms with E-state index in [2.05, 4.69) is 20.9 Å². The fourth-order valence-corrected chi connectivity index (χ4v) is 7.24. The Bertz CT molecular complexity index is 721. The van der Waals surface area contributed by atoms with Gasteiger partial charge in [-0.05, 0) is 82.6 Å². The van der Waals surface area contributed by atoms with Crippen LogP contribution in [0.15, 0.2) is 0 Å². The molecule has 0 aromatic rings. The lowest BCUT2D eigenvalue weighted by molar-refractivity contribution is -0.228. The maximum Gasteiger partial charge on any atom is 0.391 e. The van der Waals surface area contributed by atoms with E-state index < -0.39 is 36.5 Å². The van der Waals surface area contributed by atoms with E-state index >= 15 is 0 Å². The molecular weight excluding hydrogens is 510 g/mol. The molecule has 4 unspecified atom stereocenters. The van der Waals surface area contributed by atoms with Crippen molar-refractivity contribution in [3.05, 3.63) is 0 Å². The van der Waals surface area contributed by atoms with Crippen LogP contribution in [0.25, 0.3) is 0 Å². The Kier molecular flexibility index (Phi) is 10.3. The van der Waals surface area contributed by atoms with E-state index in [0.717, 1.165) is 71.0 Å². The number of halogens is 6. The van der Waals surface area contributed by atoms with Gasteiger partial charge in [-0.3, -0.25) is 15.0 Å². The molecule has 2 saturated heterocycles. The smallest absolute Gasteiger partial charge is 0.354 e. The van der Waals surface area contributed by atoms with Gasteiger partial charge in [-0.15, -0.1) is 0 Å². The number of hydrogen-bond acceptors (Lipinski definition) is 4. The van der Waals surface area contributed by atoms with Crippen molar-refractivity contribution in [2.24, 2.45) is 23.7 Å². The Labute approximate surface area is 222 Å². The molecule has 0 aromatic heterocycles. The minimum atomic E-state index is -4.66. The van der Waals surface area contributed by atoms with Crippen LogP contribution in [0.5, 0.6) is 0 Å². The Morgan fingerprint density at radius 2 is 1.42 bits per heavy atom. The lowest BCUT2D eigenvalue weighted by Gasteiger charge is -2.43. The Morgan fingerprint density at radius 3 is 1.97 bits per heavy atom. The van der Waals surface area contributed by atoms with Gasteiger partial charge in [0.15, 0.2) is 0 Å². The van der Waals surface area contributed by atoms with Crippen LogP contribution < -0.4 is 16.0 Å². The fourth-order valence-electron chi connectivity index (χ4n) is 7.24. The van der Waals surface area contributed by atoms with Crippen molar-refractivity contribution in [1.29, 1.82) is 0 Å². The molecule has 4 aliphatic rings. The molecule has 0 bridgehead atoms. The van der Waals surface area contributed by atoms with Crippen molar-refractivity contribution < 1.29 is 31.1 Å². The average molecular weight is 555 g/mol. The summed E-state index contributed by atoms with van der Waals surface area (Å²) in [6.45, 7) is 2.41. The summed E-state index contributed by atoms with van der Waals surface area (Å²) in [7, 11) is 0. The summed E-state index contributed by atoms with van der Waals surface area (Å²) in [4.78, 5) is 15.7. The monoisotopic (exact) mass is 554 g/mol. The van der Waals surface area contributed by atoms with Crippen molar-refractivity contribution in [2.45, 2.75) is 114 Å². The first kappa shape index (κ1) is 29.9. The Hall–Kier alpha value is -1.07. The second kappa shape index (κ2) is 13.1.